The van der Waals surface area contributed by atoms with E-state index in [1.165, 1.54) is 12.1 Å². The lowest BCUT2D eigenvalue weighted by atomic mass is 9.98. The minimum Gasteiger partial charge on any atom is -0.337 e. The van der Waals surface area contributed by atoms with Gasteiger partial charge in [0.1, 0.15) is 11.6 Å². The Kier molecular flexibility index (Phi) is 4.85. The molecule has 2 aromatic rings. The number of aromatic nitrogens is 2. The van der Waals surface area contributed by atoms with Gasteiger partial charge in [0.15, 0.2) is 5.78 Å². The van der Waals surface area contributed by atoms with Gasteiger partial charge in [0.05, 0.1) is 12.1 Å². The number of imidazole rings is 1. The molecule has 0 aliphatic carbocycles. The van der Waals surface area contributed by atoms with Crippen molar-refractivity contribution < 1.29 is 9.18 Å². The van der Waals surface area contributed by atoms with Gasteiger partial charge in [-0.05, 0) is 19.2 Å². The van der Waals surface area contributed by atoms with Crippen LogP contribution in [0.5, 0.6) is 0 Å². The summed E-state index contributed by atoms with van der Waals surface area (Å²) in [5.41, 5.74) is 0.162. The number of Topliss-reactive ketones (excluding diaryl/α,β-unsaturated/α-hetero) is 1. The first-order valence-electron chi connectivity index (χ1n) is 6.92. The molecule has 0 aliphatic rings. The largest absolute Gasteiger partial charge is 0.337 e. The lowest BCUT2D eigenvalue weighted by Crippen LogP contribution is -2.29. The average Bonchev–Trinajstić information content (AvgIpc) is 2.84. The van der Waals surface area contributed by atoms with Crippen molar-refractivity contribution in [1.82, 2.24) is 14.5 Å². The minimum absolute atomic E-state index is 0.162. The monoisotopic (exact) mass is 289 g/mol. The van der Waals surface area contributed by atoms with Gasteiger partial charge in [-0.1, -0.05) is 19.1 Å². The summed E-state index contributed by atoms with van der Waals surface area (Å²) in [4.78, 5) is 18.6. The quantitative estimate of drug-likeness (QED) is 0.767. The van der Waals surface area contributed by atoms with Crippen molar-refractivity contribution in [2.45, 2.75) is 13.5 Å². The second kappa shape index (κ2) is 6.63. The normalized spacial score (nSPS) is 12.6. The summed E-state index contributed by atoms with van der Waals surface area (Å²) in [5, 5.41) is 0. The predicted molar refractivity (Wildman–Crippen MR) is 79.4 cm³/mol. The molecule has 4 nitrogen and oxygen atoms in total. The third-order valence-corrected chi connectivity index (χ3v) is 3.50. The van der Waals surface area contributed by atoms with E-state index in [0.29, 0.717) is 13.1 Å². The Morgan fingerprint density at radius 2 is 2.14 bits per heavy atom. The average molecular weight is 289 g/mol. The molecule has 21 heavy (non-hydrogen) atoms. The molecule has 0 bridgehead atoms. The van der Waals surface area contributed by atoms with Crippen LogP contribution >= 0.6 is 0 Å². The van der Waals surface area contributed by atoms with Crippen LogP contribution in [-0.2, 0) is 13.6 Å². The fraction of sp³-hybridized carbons (Fsp3) is 0.375. The Labute approximate surface area is 124 Å². The number of carbonyl (C=O) groups excluding carboxylic acids is 1. The number of aryl methyl sites for hydroxylation is 1. The van der Waals surface area contributed by atoms with E-state index in [9.17, 15) is 9.18 Å². The van der Waals surface area contributed by atoms with Crippen LogP contribution in [0.4, 0.5) is 4.39 Å². The first-order chi connectivity index (χ1) is 9.99. The number of ketones is 1. The molecule has 0 aliphatic heterocycles. The van der Waals surface area contributed by atoms with Crippen molar-refractivity contribution in [3.05, 3.63) is 53.9 Å². The summed E-state index contributed by atoms with van der Waals surface area (Å²) in [6.07, 6.45) is 3.63. The van der Waals surface area contributed by atoms with Gasteiger partial charge >= 0.3 is 0 Å². The molecule has 0 radical (unpaired) electrons. The van der Waals surface area contributed by atoms with E-state index in [1.807, 2.05) is 36.7 Å². The third kappa shape index (κ3) is 3.76. The van der Waals surface area contributed by atoms with Crippen LogP contribution in [0.2, 0.25) is 0 Å². The van der Waals surface area contributed by atoms with Gasteiger partial charge in [-0.25, -0.2) is 9.37 Å². The maximum absolute atomic E-state index is 13.6. The standard InChI is InChI=1S/C16H20FN3O/c1-12(16(21)13-6-4-5-7-14(13)17)10-19(2)11-15-18-8-9-20(15)3/h4-9,12H,10-11H2,1-3H3. The van der Waals surface area contributed by atoms with E-state index >= 15 is 0 Å². The molecule has 0 N–H and O–H groups in total. The summed E-state index contributed by atoms with van der Waals surface area (Å²) >= 11 is 0. The molecule has 0 fully saturated rings. The molecule has 0 amide bonds. The van der Waals surface area contributed by atoms with E-state index in [-0.39, 0.29) is 17.3 Å². The van der Waals surface area contributed by atoms with Gasteiger partial charge in [0.2, 0.25) is 0 Å². The highest BCUT2D eigenvalue weighted by Gasteiger charge is 2.20. The number of nitrogens with zero attached hydrogens (tertiary/aromatic N) is 3. The first kappa shape index (κ1) is 15.4. The molecule has 1 unspecified atom stereocenters. The number of halogens is 1. The van der Waals surface area contributed by atoms with E-state index in [0.717, 1.165) is 5.82 Å². The zero-order chi connectivity index (χ0) is 15.4. The second-order valence-corrected chi connectivity index (χ2v) is 5.40. The topological polar surface area (TPSA) is 38.1 Å². The van der Waals surface area contributed by atoms with Crippen LogP contribution in [-0.4, -0.2) is 33.8 Å². The Balaban J connectivity index is 1.98. The predicted octanol–water partition coefficient (Wildman–Crippen LogP) is 2.51. The van der Waals surface area contributed by atoms with Gasteiger partial charge in [0, 0.05) is 31.9 Å². The van der Waals surface area contributed by atoms with Gasteiger partial charge in [0.25, 0.3) is 0 Å². The molecular weight excluding hydrogens is 269 g/mol. The highest BCUT2D eigenvalue weighted by molar-refractivity contribution is 5.98. The molecule has 5 heteroatoms. The lowest BCUT2D eigenvalue weighted by molar-refractivity contribution is 0.0895. The van der Waals surface area contributed by atoms with Crippen LogP contribution in [0.25, 0.3) is 0 Å². The molecule has 1 aromatic carbocycles. The number of rotatable bonds is 6. The first-order valence-corrected chi connectivity index (χ1v) is 6.92. The van der Waals surface area contributed by atoms with E-state index in [1.54, 1.807) is 18.3 Å². The van der Waals surface area contributed by atoms with Crippen molar-refractivity contribution in [1.29, 1.82) is 0 Å². The van der Waals surface area contributed by atoms with E-state index in [4.69, 9.17) is 0 Å². The van der Waals surface area contributed by atoms with Gasteiger partial charge in [-0.2, -0.15) is 0 Å². The fourth-order valence-corrected chi connectivity index (χ4v) is 2.33. The van der Waals surface area contributed by atoms with Crippen LogP contribution in [0.15, 0.2) is 36.7 Å². The summed E-state index contributed by atoms with van der Waals surface area (Å²) in [5.74, 6) is 0.0381. The highest BCUT2D eigenvalue weighted by atomic mass is 19.1. The molecule has 2 rings (SSSR count). The summed E-state index contributed by atoms with van der Waals surface area (Å²) in [6, 6.07) is 6.12. The number of hydrogen-bond acceptors (Lipinski definition) is 3. The Morgan fingerprint density at radius 3 is 2.76 bits per heavy atom. The Hall–Kier alpha value is -2.01. The van der Waals surface area contributed by atoms with Crippen molar-refractivity contribution in [2.24, 2.45) is 13.0 Å². The second-order valence-electron chi connectivity index (χ2n) is 5.40. The highest BCUT2D eigenvalue weighted by Crippen LogP contribution is 2.14. The number of carbonyl (C=O) groups is 1. The van der Waals surface area contributed by atoms with Crippen LogP contribution in [0.1, 0.15) is 23.1 Å². The van der Waals surface area contributed by atoms with E-state index < -0.39 is 5.82 Å². The zero-order valence-corrected chi connectivity index (χ0v) is 12.6. The van der Waals surface area contributed by atoms with E-state index in [2.05, 4.69) is 4.98 Å². The summed E-state index contributed by atoms with van der Waals surface area (Å²) < 4.78 is 15.6. The molecular formula is C16H20FN3O. The summed E-state index contributed by atoms with van der Waals surface area (Å²) in [6.45, 7) is 3.03. The molecule has 1 aromatic heterocycles. The maximum Gasteiger partial charge on any atom is 0.169 e. The molecule has 0 spiro atoms. The van der Waals surface area contributed by atoms with Crippen molar-refractivity contribution >= 4 is 5.78 Å². The van der Waals surface area contributed by atoms with Crippen molar-refractivity contribution in [3.8, 4) is 0 Å². The minimum atomic E-state index is -0.457. The SMILES string of the molecule is CC(CN(C)Cc1nccn1C)C(=O)c1ccccc1F. The van der Waals surface area contributed by atoms with Crippen LogP contribution < -0.4 is 0 Å². The maximum atomic E-state index is 13.6. The van der Waals surface area contributed by atoms with Gasteiger partial charge < -0.3 is 4.57 Å². The van der Waals surface area contributed by atoms with Crippen molar-refractivity contribution in [2.75, 3.05) is 13.6 Å². The lowest BCUT2D eigenvalue weighted by Gasteiger charge is -2.20. The number of hydrogen-bond donors (Lipinski definition) is 0. The van der Waals surface area contributed by atoms with Crippen LogP contribution in [0.3, 0.4) is 0 Å². The molecule has 1 heterocycles. The molecule has 112 valence electrons. The fourth-order valence-electron chi connectivity index (χ4n) is 2.33. The smallest absolute Gasteiger partial charge is 0.169 e. The van der Waals surface area contributed by atoms with Gasteiger partial charge in [-0.15, -0.1) is 0 Å². The third-order valence-electron chi connectivity index (χ3n) is 3.50. The molecule has 0 saturated carbocycles. The Morgan fingerprint density at radius 1 is 1.43 bits per heavy atom. The van der Waals surface area contributed by atoms with Crippen molar-refractivity contribution in [3.63, 3.8) is 0 Å². The molecule has 1 atom stereocenters. The summed E-state index contributed by atoms with van der Waals surface area (Å²) in [7, 11) is 3.86. The molecule has 0 saturated heterocycles. The zero-order valence-electron chi connectivity index (χ0n) is 12.6. The van der Waals surface area contributed by atoms with Gasteiger partial charge in [-0.3, -0.25) is 9.69 Å². The Bertz CT molecular complexity index is 623. The van der Waals surface area contributed by atoms with Crippen LogP contribution in [0, 0.1) is 11.7 Å². The number of benzene rings is 1.